The number of hydrogen-bond acceptors (Lipinski definition) is 2. The maximum atomic E-state index is 11.5. The molecule has 0 bridgehead atoms. The topological polar surface area (TPSA) is 56.7 Å². The fourth-order valence-electron chi connectivity index (χ4n) is 3.74. The summed E-state index contributed by atoms with van der Waals surface area (Å²) in [6.07, 6.45) is 8.19. The number of carbonyl (C=O) groups excluding carboxylic acids is 1. The molecule has 22 heavy (non-hydrogen) atoms. The summed E-state index contributed by atoms with van der Waals surface area (Å²) in [4.78, 5) is 18.3. The van der Waals surface area contributed by atoms with Gasteiger partial charge >= 0.3 is 0 Å². The minimum atomic E-state index is 0.162. The van der Waals surface area contributed by atoms with Crippen LogP contribution in [0.2, 0.25) is 0 Å². The van der Waals surface area contributed by atoms with Crippen LogP contribution < -0.4 is 10.6 Å². The normalized spacial score (nSPS) is 22.7. The van der Waals surface area contributed by atoms with Crippen LogP contribution >= 0.6 is 0 Å². The molecule has 2 aliphatic rings. The lowest BCUT2D eigenvalue weighted by Gasteiger charge is -2.35. The Morgan fingerprint density at radius 1 is 1.27 bits per heavy atom. The second-order valence-electron chi connectivity index (χ2n) is 7.23. The van der Waals surface area contributed by atoms with Gasteiger partial charge in [-0.2, -0.15) is 0 Å². The minimum Gasteiger partial charge on any atom is -0.359 e. The zero-order chi connectivity index (χ0) is 16.0. The molecule has 1 saturated carbocycles. The fourth-order valence-corrected chi connectivity index (χ4v) is 3.74. The molecule has 0 radical (unpaired) electrons. The molecule has 5 heteroatoms. The molecule has 0 aromatic heterocycles. The highest BCUT2D eigenvalue weighted by molar-refractivity contribution is 5.80. The molecule has 0 aromatic carbocycles. The number of likely N-dealkylation sites (tertiary alicyclic amines) is 1. The largest absolute Gasteiger partial charge is 0.359 e. The molecule has 0 spiro atoms. The van der Waals surface area contributed by atoms with E-state index in [-0.39, 0.29) is 5.91 Å². The quantitative estimate of drug-likeness (QED) is 0.617. The Balaban J connectivity index is 1.77. The van der Waals surface area contributed by atoms with Gasteiger partial charge in [0.25, 0.3) is 0 Å². The average Bonchev–Trinajstić information content (AvgIpc) is 2.96. The van der Waals surface area contributed by atoms with Gasteiger partial charge in [0.05, 0.1) is 0 Å². The Labute approximate surface area is 134 Å². The summed E-state index contributed by atoms with van der Waals surface area (Å²) in [7, 11) is 3.59. The molecule has 5 nitrogen and oxygen atoms in total. The number of nitrogens with one attached hydrogen (secondary N) is 2. The van der Waals surface area contributed by atoms with Gasteiger partial charge in [0.15, 0.2) is 5.96 Å². The van der Waals surface area contributed by atoms with Crippen LogP contribution in [-0.4, -0.2) is 50.5 Å². The lowest BCUT2D eigenvalue weighted by Crippen LogP contribution is -2.48. The molecule has 1 aliphatic carbocycles. The van der Waals surface area contributed by atoms with Gasteiger partial charge in [0.2, 0.25) is 5.91 Å². The Bertz CT molecular complexity index is 393. The van der Waals surface area contributed by atoms with E-state index in [1.807, 2.05) is 7.05 Å². The van der Waals surface area contributed by atoms with Crippen LogP contribution in [0.1, 0.15) is 51.9 Å². The smallest absolute Gasteiger partial charge is 0.220 e. The van der Waals surface area contributed by atoms with Crippen molar-refractivity contribution < 1.29 is 4.79 Å². The molecule has 1 amide bonds. The van der Waals surface area contributed by atoms with Gasteiger partial charge in [-0.1, -0.05) is 19.8 Å². The highest BCUT2D eigenvalue weighted by Crippen LogP contribution is 2.36. The lowest BCUT2D eigenvalue weighted by atomic mass is 9.89. The molecule has 2 fully saturated rings. The third kappa shape index (κ3) is 4.62. The number of rotatable bonds is 4. The molecule has 0 unspecified atom stereocenters. The van der Waals surface area contributed by atoms with Crippen molar-refractivity contribution in [2.24, 2.45) is 16.3 Å². The highest BCUT2D eigenvalue weighted by Gasteiger charge is 2.29. The van der Waals surface area contributed by atoms with Crippen LogP contribution in [0.3, 0.4) is 0 Å². The number of guanidine groups is 1. The first-order valence-corrected chi connectivity index (χ1v) is 8.72. The number of aliphatic imine (C=N–C) groups is 1. The van der Waals surface area contributed by atoms with E-state index in [1.165, 1.54) is 25.7 Å². The van der Waals surface area contributed by atoms with E-state index in [1.54, 1.807) is 7.05 Å². The van der Waals surface area contributed by atoms with E-state index in [0.29, 0.717) is 17.8 Å². The van der Waals surface area contributed by atoms with Crippen LogP contribution in [0.25, 0.3) is 0 Å². The van der Waals surface area contributed by atoms with Crippen LogP contribution in [-0.2, 0) is 4.79 Å². The number of carbonyl (C=O) groups is 1. The van der Waals surface area contributed by atoms with Crippen LogP contribution in [0.5, 0.6) is 0 Å². The van der Waals surface area contributed by atoms with Gasteiger partial charge in [0.1, 0.15) is 0 Å². The molecule has 1 aliphatic heterocycles. The second-order valence-corrected chi connectivity index (χ2v) is 7.23. The van der Waals surface area contributed by atoms with Crippen molar-refractivity contribution in [2.75, 3.05) is 33.7 Å². The van der Waals surface area contributed by atoms with Crippen LogP contribution in [0.15, 0.2) is 4.99 Å². The summed E-state index contributed by atoms with van der Waals surface area (Å²) in [6, 6.07) is 0. The predicted molar refractivity (Wildman–Crippen MR) is 90.9 cm³/mol. The van der Waals surface area contributed by atoms with Crippen molar-refractivity contribution in [3.05, 3.63) is 0 Å². The van der Waals surface area contributed by atoms with Gasteiger partial charge in [-0.25, -0.2) is 0 Å². The van der Waals surface area contributed by atoms with E-state index in [4.69, 9.17) is 0 Å². The summed E-state index contributed by atoms with van der Waals surface area (Å²) >= 11 is 0. The Morgan fingerprint density at radius 2 is 1.91 bits per heavy atom. The Morgan fingerprint density at radius 3 is 2.45 bits per heavy atom. The Kier molecular flexibility index (Phi) is 6.09. The van der Waals surface area contributed by atoms with Crippen molar-refractivity contribution in [1.82, 2.24) is 15.5 Å². The first-order chi connectivity index (χ1) is 10.6. The summed E-state index contributed by atoms with van der Waals surface area (Å²) in [5, 5.41) is 6.31. The monoisotopic (exact) mass is 308 g/mol. The first kappa shape index (κ1) is 17.1. The summed E-state index contributed by atoms with van der Waals surface area (Å²) < 4.78 is 0. The van der Waals surface area contributed by atoms with E-state index in [0.717, 1.165) is 38.4 Å². The number of piperidine rings is 1. The average molecular weight is 308 g/mol. The maximum absolute atomic E-state index is 11.5. The molecule has 0 aromatic rings. The first-order valence-electron chi connectivity index (χ1n) is 8.72. The van der Waals surface area contributed by atoms with Gasteiger partial charge in [-0.3, -0.25) is 9.79 Å². The van der Waals surface area contributed by atoms with Crippen molar-refractivity contribution >= 4 is 11.9 Å². The number of nitrogens with zero attached hydrogens (tertiary/aromatic N) is 2. The van der Waals surface area contributed by atoms with Crippen LogP contribution in [0, 0.1) is 11.3 Å². The van der Waals surface area contributed by atoms with E-state index >= 15 is 0 Å². The summed E-state index contributed by atoms with van der Waals surface area (Å²) in [5.74, 6) is 1.71. The molecule has 0 atom stereocenters. The van der Waals surface area contributed by atoms with Gasteiger partial charge in [0, 0.05) is 40.2 Å². The van der Waals surface area contributed by atoms with Crippen molar-refractivity contribution in [3.8, 4) is 0 Å². The van der Waals surface area contributed by atoms with E-state index in [9.17, 15) is 4.79 Å². The van der Waals surface area contributed by atoms with E-state index in [2.05, 4.69) is 27.4 Å². The zero-order valence-corrected chi connectivity index (χ0v) is 14.5. The predicted octanol–water partition coefficient (Wildman–Crippen LogP) is 1.99. The maximum Gasteiger partial charge on any atom is 0.220 e. The fraction of sp³-hybridized carbons (Fsp3) is 0.882. The molecular formula is C17H32N4O. The second kappa shape index (κ2) is 7.84. The lowest BCUT2D eigenvalue weighted by molar-refractivity contribution is -0.121. The van der Waals surface area contributed by atoms with Crippen molar-refractivity contribution in [1.29, 1.82) is 0 Å². The zero-order valence-electron chi connectivity index (χ0n) is 14.5. The molecule has 2 N–H and O–H groups in total. The molecule has 1 heterocycles. The standard InChI is InChI=1S/C17H32N4O/c1-17(8-4-5-9-17)13-20-16(19-3)21-10-6-14(7-11-21)12-15(22)18-2/h14H,4-13H2,1-3H3,(H,18,22)(H,19,20). The molecule has 1 saturated heterocycles. The molecule has 2 rings (SSSR count). The van der Waals surface area contributed by atoms with Gasteiger partial charge < -0.3 is 15.5 Å². The van der Waals surface area contributed by atoms with Gasteiger partial charge in [-0.05, 0) is 37.0 Å². The number of hydrogen-bond donors (Lipinski definition) is 2. The highest BCUT2D eigenvalue weighted by atomic mass is 16.1. The summed E-state index contributed by atoms with van der Waals surface area (Å²) in [6.45, 7) is 5.41. The van der Waals surface area contributed by atoms with Gasteiger partial charge in [-0.15, -0.1) is 0 Å². The molecular weight excluding hydrogens is 276 g/mol. The van der Waals surface area contributed by atoms with Crippen molar-refractivity contribution in [3.63, 3.8) is 0 Å². The third-order valence-electron chi connectivity index (χ3n) is 5.36. The van der Waals surface area contributed by atoms with Crippen molar-refractivity contribution in [2.45, 2.75) is 51.9 Å². The SMILES string of the molecule is CN=C(NCC1(C)CCCC1)N1CCC(CC(=O)NC)CC1. The molecule has 126 valence electrons. The van der Waals surface area contributed by atoms with Crippen LogP contribution in [0.4, 0.5) is 0 Å². The number of amides is 1. The third-order valence-corrected chi connectivity index (χ3v) is 5.36. The Hall–Kier alpha value is -1.26. The van der Waals surface area contributed by atoms with E-state index < -0.39 is 0 Å². The summed E-state index contributed by atoms with van der Waals surface area (Å²) in [5.41, 5.74) is 0.438. The minimum absolute atomic E-state index is 0.162.